The van der Waals surface area contributed by atoms with Gasteiger partial charge in [0, 0.05) is 23.7 Å². The number of unbranched alkanes of at least 4 members (excludes halogenated alkanes) is 12. The highest BCUT2D eigenvalue weighted by Crippen LogP contribution is 2.44. The van der Waals surface area contributed by atoms with Crippen molar-refractivity contribution in [1.29, 1.82) is 0 Å². The normalized spacial score (nSPS) is 12.3. The van der Waals surface area contributed by atoms with Crippen molar-refractivity contribution < 1.29 is 33.7 Å². The van der Waals surface area contributed by atoms with Crippen LogP contribution in [0.25, 0.3) is 0 Å². The average molecular weight is 676 g/mol. The highest BCUT2D eigenvalue weighted by atomic mass is 31.2. The van der Waals surface area contributed by atoms with Gasteiger partial charge in [-0.15, -0.1) is 0 Å². The predicted molar refractivity (Wildman–Crippen MR) is 190 cm³/mol. The van der Waals surface area contributed by atoms with Gasteiger partial charge in [-0.25, -0.2) is 0 Å². The van der Waals surface area contributed by atoms with Gasteiger partial charge in [0.2, 0.25) is 11.7 Å². The van der Waals surface area contributed by atoms with E-state index in [9.17, 15) is 24.3 Å². The van der Waals surface area contributed by atoms with Crippen LogP contribution in [0.2, 0.25) is 0 Å². The van der Waals surface area contributed by atoms with Crippen molar-refractivity contribution in [1.82, 2.24) is 10.3 Å². The van der Waals surface area contributed by atoms with Gasteiger partial charge >= 0.3 is 7.94 Å². The van der Waals surface area contributed by atoms with Gasteiger partial charge in [-0.1, -0.05) is 96.1 Å². The van der Waals surface area contributed by atoms with Gasteiger partial charge < -0.3 is 14.8 Å². The Bertz CT molecular complexity index is 1200. The second-order valence-corrected chi connectivity index (χ2v) is 14.8. The first-order chi connectivity index (χ1) is 22.4. The first-order valence-corrected chi connectivity index (χ1v) is 19.4. The Hall–Kier alpha value is -2.58. The zero-order valence-electron chi connectivity index (χ0n) is 29.4. The number of hydrogen-bond donors (Lipinski definition) is 4. The summed E-state index contributed by atoms with van der Waals surface area (Å²) in [6.45, 7) is 10.4. The third-order valence-corrected chi connectivity index (χ3v) is 8.97. The SMILES string of the molecule is CCCCCCCCCCCCCCCC(=O)N[C@@H](Cc1ccc(OCc2ncc(C)c(OC(C)C)c2C)cc1)C(=O)C[P+](O)(O)O. The van der Waals surface area contributed by atoms with E-state index in [0.29, 0.717) is 12.2 Å². The summed E-state index contributed by atoms with van der Waals surface area (Å²) in [5, 5.41) is 2.77. The van der Waals surface area contributed by atoms with E-state index in [-0.39, 0.29) is 25.0 Å². The number of carbonyl (C=O) groups excluding carboxylic acids is 2. The van der Waals surface area contributed by atoms with E-state index in [1.165, 1.54) is 64.2 Å². The highest BCUT2D eigenvalue weighted by Gasteiger charge is 2.37. The van der Waals surface area contributed by atoms with E-state index in [1.807, 2.05) is 27.7 Å². The minimum atomic E-state index is -4.33. The second kappa shape index (κ2) is 22.1. The maximum absolute atomic E-state index is 12.9. The lowest BCUT2D eigenvalue weighted by Crippen LogP contribution is -2.43. The molecule has 0 aliphatic carbocycles. The number of hydrogen-bond acceptors (Lipinski definition) is 8. The van der Waals surface area contributed by atoms with Crippen LogP contribution >= 0.6 is 7.94 Å². The Morgan fingerprint density at radius 1 is 0.851 bits per heavy atom. The number of ether oxygens (including phenoxy) is 2. The number of amides is 1. The molecule has 10 heteroatoms. The van der Waals surface area contributed by atoms with Gasteiger partial charge in [-0.05, 0) is 58.2 Å². The number of rotatable bonds is 25. The van der Waals surface area contributed by atoms with E-state index in [2.05, 4.69) is 17.2 Å². The molecule has 1 aromatic heterocycles. The number of pyridine rings is 1. The first-order valence-electron chi connectivity index (χ1n) is 17.6. The smallest absolute Gasteiger partial charge is 0.411 e. The monoisotopic (exact) mass is 675 g/mol. The zero-order chi connectivity index (χ0) is 34.7. The Morgan fingerprint density at radius 3 is 1.94 bits per heavy atom. The van der Waals surface area contributed by atoms with E-state index >= 15 is 0 Å². The molecule has 0 spiro atoms. The standard InChI is InChI=1S/C37H59N2O7P/c1-6-7-8-9-10-11-12-13-14-15-16-17-18-19-36(41)39-33(35(40)27-47(42,43)44)24-31-20-22-32(23-21-31)45-26-34-30(5)37(46-28(2)3)29(4)25-38-34/h20-23,25,28,33,42-44H,6-19,24,26-27H2,1-5H3/p+1/t33-/m0/s1. The van der Waals surface area contributed by atoms with Gasteiger partial charge in [-0.2, -0.15) is 14.7 Å². The molecule has 1 heterocycles. The number of nitrogens with one attached hydrogen (secondary N) is 1. The van der Waals surface area contributed by atoms with E-state index in [4.69, 9.17) is 9.47 Å². The number of aryl methyl sites for hydroxylation is 1. The van der Waals surface area contributed by atoms with Gasteiger partial charge in [0.1, 0.15) is 18.1 Å². The molecule has 0 aliphatic rings. The molecule has 1 amide bonds. The molecule has 0 unspecified atom stereocenters. The zero-order valence-corrected chi connectivity index (χ0v) is 30.3. The van der Waals surface area contributed by atoms with Crippen molar-refractivity contribution in [3.63, 3.8) is 0 Å². The Balaban J connectivity index is 1.82. The fraction of sp³-hybridized carbons (Fsp3) is 0.649. The third-order valence-electron chi connectivity index (χ3n) is 8.24. The first kappa shape index (κ1) is 40.6. The molecular formula is C37H60N2O7P+. The summed E-state index contributed by atoms with van der Waals surface area (Å²) in [6.07, 6.45) is 17.2. The quantitative estimate of drug-likeness (QED) is 0.0616. The number of nitrogens with zero attached hydrogens (tertiary/aromatic N) is 1. The Morgan fingerprint density at radius 2 is 1.40 bits per heavy atom. The van der Waals surface area contributed by atoms with Crippen LogP contribution in [-0.4, -0.2) is 49.7 Å². The summed E-state index contributed by atoms with van der Waals surface area (Å²) in [6, 6.07) is 6.18. The summed E-state index contributed by atoms with van der Waals surface area (Å²) in [7, 11) is -4.33. The molecule has 0 fully saturated rings. The van der Waals surface area contributed by atoms with Crippen LogP contribution in [-0.2, 0) is 22.6 Å². The molecule has 0 saturated carbocycles. The molecule has 264 valence electrons. The maximum atomic E-state index is 12.9. The summed E-state index contributed by atoms with van der Waals surface area (Å²) in [5.74, 6) is 0.550. The van der Waals surface area contributed by atoms with Gasteiger partial charge in [0.25, 0.3) is 0 Å². The van der Waals surface area contributed by atoms with Crippen LogP contribution in [0.5, 0.6) is 11.5 Å². The Kier molecular flexibility index (Phi) is 19.1. The fourth-order valence-corrected chi connectivity index (χ4v) is 6.20. The van der Waals surface area contributed by atoms with Crippen LogP contribution in [0.15, 0.2) is 30.5 Å². The fourth-order valence-electron chi connectivity index (χ4n) is 5.56. The third kappa shape index (κ3) is 17.4. The molecule has 1 aromatic carbocycles. The average Bonchev–Trinajstić information content (AvgIpc) is 3.00. The second-order valence-electron chi connectivity index (χ2n) is 13.1. The largest absolute Gasteiger partial charge is 0.490 e. The lowest BCUT2D eigenvalue weighted by molar-refractivity contribution is -0.126. The summed E-state index contributed by atoms with van der Waals surface area (Å²) < 4.78 is 11.9. The number of benzene rings is 1. The van der Waals surface area contributed by atoms with E-state index < -0.39 is 25.9 Å². The molecule has 0 aliphatic heterocycles. The predicted octanol–water partition coefficient (Wildman–Crippen LogP) is 7.88. The molecule has 4 N–H and O–H groups in total. The van der Waals surface area contributed by atoms with Crippen LogP contribution in [0, 0.1) is 13.8 Å². The van der Waals surface area contributed by atoms with Crippen LogP contribution in [0.4, 0.5) is 0 Å². The van der Waals surface area contributed by atoms with Crippen molar-refractivity contribution in [2.24, 2.45) is 0 Å². The molecule has 2 rings (SSSR count). The Labute approximate surface area is 283 Å². The minimum Gasteiger partial charge on any atom is -0.490 e. The number of Topliss-reactive ketones (excluding diaryl/α,β-unsaturated/α-hetero) is 1. The maximum Gasteiger partial charge on any atom is 0.411 e. The highest BCUT2D eigenvalue weighted by molar-refractivity contribution is 7.59. The van der Waals surface area contributed by atoms with Crippen molar-refractivity contribution in [2.45, 2.75) is 150 Å². The van der Waals surface area contributed by atoms with Gasteiger partial charge in [0.15, 0.2) is 6.16 Å². The van der Waals surface area contributed by atoms with Crippen molar-refractivity contribution in [3.8, 4) is 11.5 Å². The molecule has 1 atom stereocenters. The summed E-state index contributed by atoms with van der Waals surface area (Å²) in [5.41, 5.74) is 3.43. The van der Waals surface area contributed by atoms with Crippen LogP contribution in [0.3, 0.4) is 0 Å². The molecule has 0 saturated heterocycles. The molecule has 0 bridgehead atoms. The van der Waals surface area contributed by atoms with Gasteiger partial charge in [0.05, 0.1) is 17.8 Å². The van der Waals surface area contributed by atoms with Crippen molar-refractivity contribution >= 4 is 19.6 Å². The molecule has 47 heavy (non-hydrogen) atoms. The summed E-state index contributed by atoms with van der Waals surface area (Å²) >= 11 is 0. The van der Waals surface area contributed by atoms with Crippen LogP contribution in [0.1, 0.15) is 133 Å². The summed E-state index contributed by atoms with van der Waals surface area (Å²) in [4.78, 5) is 58.7. The van der Waals surface area contributed by atoms with Crippen LogP contribution < -0.4 is 14.8 Å². The lowest BCUT2D eigenvalue weighted by Gasteiger charge is -2.18. The lowest BCUT2D eigenvalue weighted by atomic mass is 10.0. The number of aromatic nitrogens is 1. The van der Waals surface area contributed by atoms with Crippen molar-refractivity contribution in [3.05, 3.63) is 52.8 Å². The minimum absolute atomic E-state index is 0.0428. The molecule has 9 nitrogen and oxygen atoms in total. The van der Waals surface area contributed by atoms with E-state index in [0.717, 1.165) is 47.4 Å². The molecule has 0 radical (unpaired) electrons. The van der Waals surface area contributed by atoms with E-state index in [1.54, 1.807) is 30.5 Å². The number of carbonyl (C=O) groups is 2. The number of ketones is 1. The van der Waals surface area contributed by atoms with Gasteiger partial charge in [-0.3, -0.25) is 14.6 Å². The van der Waals surface area contributed by atoms with Crippen molar-refractivity contribution in [2.75, 3.05) is 6.16 Å². The topological polar surface area (TPSA) is 138 Å². The molecule has 2 aromatic rings. The molecular weight excluding hydrogens is 615 g/mol.